The van der Waals surface area contributed by atoms with Gasteiger partial charge in [0, 0.05) is 24.5 Å². The van der Waals surface area contributed by atoms with Crippen molar-refractivity contribution in [3.05, 3.63) is 28.1 Å². The molecule has 88 valence electrons. The number of amides is 1. The van der Waals surface area contributed by atoms with Crippen molar-refractivity contribution in [3.8, 4) is 0 Å². The van der Waals surface area contributed by atoms with Gasteiger partial charge in [-0.3, -0.25) is 14.9 Å². The van der Waals surface area contributed by atoms with E-state index in [-0.39, 0.29) is 23.3 Å². The van der Waals surface area contributed by atoms with Crippen LogP contribution in [0.1, 0.15) is 17.4 Å². The van der Waals surface area contributed by atoms with Crippen molar-refractivity contribution in [2.75, 3.05) is 5.33 Å². The molecule has 0 radical (unpaired) electrons. The Morgan fingerprint density at radius 3 is 2.81 bits per heavy atom. The van der Waals surface area contributed by atoms with E-state index < -0.39 is 4.92 Å². The number of carbonyl (C=O) groups is 1. The average molecular weight is 290 g/mol. The average Bonchev–Trinajstić information content (AvgIpc) is 2.60. The molecular weight excluding hydrogens is 278 g/mol. The van der Waals surface area contributed by atoms with Gasteiger partial charge in [0.05, 0.1) is 11.1 Å². The van der Waals surface area contributed by atoms with E-state index in [0.29, 0.717) is 5.33 Å². The van der Waals surface area contributed by atoms with Gasteiger partial charge in [0.25, 0.3) is 11.6 Å². The van der Waals surface area contributed by atoms with Gasteiger partial charge in [0.15, 0.2) is 0 Å². The lowest BCUT2D eigenvalue weighted by molar-refractivity contribution is -0.384. The van der Waals surface area contributed by atoms with Gasteiger partial charge in [-0.25, -0.2) is 0 Å². The molecule has 0 aliphatic carbocycles. The molecule has 1 N–H and O–H groups in total. The minimum atomic E-state index is -0.523. The molecule has 16 heavy (non-hydrogen) atoms. The van der Waals surface area contributed by atoms with Crippen LogP contribution >= 0.6 is 15.9 Å². The molecule has 7 heteroatoms. The third-order valence-electron chi connectivity index (χ3n) is 2.04. The van der Waals surface area contributed by atoms with Crippen LogP contribution in [0.3, 0.4) is 0 Å². The maximum Gasteiger partial charge on any atom is 0.287 e. The van der Waals surface area contributed by atoms with Gasteiger partial charge in [-0.15, -0.1) is 0 Å². The van der Waals surface area contributed by atoms with Crippen molar-refractivity contribution < 1.29 is 9.72 Å². The molecule has 0 saturated carbocycles. The molecule has 0 aliphatic rings. The van der Waals surface area contributed by atoms with Crippen molar-refractivity contribution in [2.24, 2.45) is 7.05 Å². The van der Waals surface area contributed by atoms with Crippen LogP contribution in [0.5, 0.6) is 0 Å². The highest BCUT2D eigenvalue weighted by Crippen LogP contribution is 2.15. The number of nitrogens with zero attached hydrogens (tertiary/aromatic N) is 2. The van der Waals surface area contributed by atoms with Crippen molar-refractivity contribution in [2.45, 2.75) is 13.0 Å². The molecule has 1 rings (SSSR count). The Balaban J connectivity index is 2.87. The van der Waals surface area contributed by atoms with Crippen LogP contribution in [0.25, 0.3) is 0 Å². The maximum atomic E-state index is 11.7. The van der Waals surface area contributed by atoms with Gasteiger partial charge < -0.3 is 9.88 Å². The molecule has 0 saturated heterocycles. The van der Waals surface area contributed by atoms with Crippen LogP contribution in [0.4, 0.5) is 5.69 Å². The lowest BCUT2D eigenvalue weighted by Gasteiger charge is -2.10. The quantitative estimate of drug-likeness (QED) is 0.518. The van der Waals surface area contributed by atoms with Crippen molar-refractivity contribution in [1.29, 1.82) is 0 Å². The second-order valence-electron chi connectivity index (χ2n) is 3.48. The van der Waals surface area contributed by atoms with E-state index in [1.165, 1.54) is 16.8 Å². The first-order chi connectivity index (χ1) is 7.45. The molecule has 1 aromatic heterocycles. The molecule has 1 unspecified atom stereocenters. The molecule has 0 aromatic carbocycles. The van der Waals surface area contributed by atoms with Crippen LogP contribution in [0, 0.1) is 10.1 Å². The summed E-state index contributed by atoms with van der Waals surface area (Å²) in [5.41, 5.74) is 0.193. The fourth-order valence-electron chi connectivity index (χ4n) is 1.21. The maximum absolute atomic E-state index is 11.7. The molecule has 1 atom stereocenters. The number of nitrogens with one attached hydrogen (secondary N) is 1. The molecular formula is C9H12BrN3O3. The van der Waals surface area contributed by atoms with Crippen LogP contribution in [-0.2, 0) is 7.05 Å². The molecule has 1 heterocycles. The predicted molar refractivity (Wildman–Crippen MR) is 62.8 cm³/mol. The van der Waals surface area contributed by atoms with Gasteiger partial charge in [-0.1, -0.05) is 15.9 Å². The fraction of sp³-hybridized carbons (Fsp3) is 0.444. The van der Waals surface area contributed by atoms with E-state index in [0.717, 1.165) is 0 Å². The molecule has 0 spiro atoms. The van der Waals surface area contributed by atoms with E-state index in [1.54, 1.807) is 7.05 Å². The first kappa shape index (κ1) is 12.7. The number of nitro groups is 1. The smallest absolute Gasteiger partial charge is 0.287 e. The normalized spacial score (nSPS) is 12.2. The molecule has 0 bridgehead atoms. The van der Waals surface area contributed by atoms with Crippen LogP contribution < -0.4 is 5.32 Å². The van der Waals surface area contributed by atoms with E-state index in [1.807, 2.05) is 6.92 Å². The highest BCUT2D eigenvalue weighted by molar-refractivity contribution is 9.09. The Kier molecular flexibility index (Phi) is 4.05. The topological polar surface area (TPSA) is 77.2 Å². The Labute approximate surface area is 101 Å². The lowest BCUT2D eigenvalue weighted by Crippen LogP contribution is -2.34. The summed E-state index contributed by atoms with van der Waals surface area (Å²) in [5, 5.41) is 13.9. The highest BCUT2D eigenvalue weighted by atomic mass is 79.9. The van der Waals surface area contributed by atoms with E-state index in [9.17, 15) is 14.9 Å². The number of rotatable bonds is 4. The zero-order valence-electron chi connectivity index (χ0n) is 8.94. The summed E-state index contributed by atoms with van der Waals surface area (Å²) in [5.74, 6) is -0.317. The van der Waals surface area contributed by atoms with Crippen molar-refractivity contribution in [3.63, 3.8) is 0 Å². The van der Waals surface area contributed by atoms with E-state index >= 15 is 0 Å². The Morgan fingerprint density at radius 1 is 1.75 bits per heavy atom. The number of hydrogen-bond acceptors (Lipinski definition) is 3. The zero-order valence-corrected chi connectivity index (χ0v) is 10.5. The number of alkyl halides is 1. The van der Waals surface area contributed by atoms with Crippen LogP contribution in [0.2, 0.25) is 0 Å². The predicted octanol–water partition coefficient (Wildman–Crippen LogP) is 1.45. The van der Waals surface area contributed by atoms with Gasteiger partial charge in [0.2, 0.25) is 0 Å². The zero-order chi connectivity index (χ0) is 12.3. The summed E-state index contributed by atoms with van der Waals surface area (Å²) >= 11 is 3.23. The third-order valence-corrected chi connectivity index (χ3v) is 3.01. The minimum Gasteiger partial charge on any atom is -0.347 e. The van der Waals surface area contributed by atoms with Crippen molar-refractivity contribution in [1.82, 2.24) is 9.88 Å². The number of carbonyl (C=O) groups excluding carboxylic acids is 1. The third kappa shape index (κ3) is 2.82. The number of halogens is 1. The van der Waals surface area contributed by atoms with Gasteiger partial charge in [0.1, 0.15) is 5.69 Å². The largest absolute Gasteiger partial charge is 0.347 e. The van der Waals surface area contributed by atoms with Crippen LogP contribution in [-0.4, -0.2) is 26.8 Å². The van der Waals surface area contributed by atoms with Crippen molar-refractivity contribution >= 4 is 27.5 Å². The molecule has 6 nitrogen and oxygen atoms in total. The summed E-state index contributed by atoms with van der Waals surface area (Å²) in [7, 11) is 1.60. The molecule has 1 aromatic rings. The fourth-order valence-corrected chi connectivity index (χ4v) is 1.37. The molecule has 0 aliphatic heterocycles. The summed E-state index contributed by atoms with van der Waals surface area (Å²) in [4.78, 5) is 21.7. The summed E-state index contributed by atoms with van der Waals surface area (Å²) in [6.07, 6.45) is 1.31. The number of aromatic nitrogens is 1. The summed E-state index contributed by atoms with van der Waals surface area (Å²) in [6, 6.07) is 1.23. The molecule has 1 amide bonds. The second kappa shape index (κ2) is 5.11. The Morgan fingerprint density at radius 2 is 2.38 bits per heavy atom. The number of hydrogen-bond donors (Lipinski definition) is 1. The standard InChI is InChI=1S/C9H12BrN3O3/c1-6(4-10)11-9(14)8-3-7(13(15)16)5-12(8)2/h3,5-6H,4H2,1-2H3,(H,11,14). The van der Waals surface area contributed by atoms with E-state index in [2.05, 4.69) is 21.2 Å². The Bertz CT molecular complexity index is 416. The van der Waals surface area contributed by atoms with Gasteiger partial charge in [-0.05, 0) is 6.92 Å². The summed E-state index contributed by atoms with van der Waals surface area (Å²) in [6.45, 7) is 1.84. The van der Waals surface area contributed by atoms with Gasteiger partial charge >= 0.3 is 0 Å². The first-order valence-corrected chi connectivity index (χ1v) is 5.75. The second-order valence-corrected chi connectivity index (χ2v) is 4.13. The highest BCUT2D eigenvalue weighted by Gasteiger charge is 2.18. The van der Waals surface area contributed by atoms with Gasteiger partial charge in [-0.2, -0.15) is 0 Å². The minimum absolute atomic E-state index is 0.0264. The monoisotopic (exact) mass is 289 g/mol. The SMILES string of the molecule is CC(CBr)NC(=O)c1cc([N+](=O)[O-])cn1C. The summed E-state index contributed by atoms with van der Waals surface area (Å²) < 4.78 is 1.44. The first-order valence-electron chi connectivity index (χ1n) is 4.63. The van der Waals surface area contributed by atoms with Crippen LogP contribution in [0.15, 0.2) is 12.3 Å². The lowest BCUT2D eigenvalue weighted by atomic mass is 10.3. The Hall–Kier alpha value is -1.37. The molecule has 0 fully saturated rings. The number of aryl methyl sites for hydroxylation is 1. The van der Waals surface area contributed by atoms with E-state index in [4.69, 9.17) is 0 Å².